The maximum Gasteiger partial charge on any atom is 0.251 e. The first kappa shape index (κ1) is 18.9. The first-order valence-corrected chi connectivity index (χ1v) is 9.57. The van der Waals surface area contributed by atoms with Crippen molar-refractivity contribution in [2.45, 2.75) is 20.1 Å². The van der Waals surface area contributed by atoms with Crippen LogP contribution in [0.15, 0.2) is 53.9 Å². The van der Waals surface area contributed by atoms with Crippen molar-refractivity contribution in [3.8, 4) is 5.75 Å². The molecule has 1 N–H and O–H groups in total. The zero-order chi connectivity index (χ0) is 19.2. The molecule has 3 rings (SSSR count). The van der Waals surface area contributed by atoms with Crippen LogP contribution in [0.5, 0.6) is 5.75 Å². The summed E-state index contributed by atoms with van der Waals surface area (Å²) in [4.78, 5) is 18.9. The Morgan fingerprint density at radius 1 is 1.19 bits per heavy atom. The second-order valence-electron chi connectivity index (χ2n) is 6.42. The lowest BCUT2D eigenvalue weighted by Crippen LogP contribution is -2.22. The van der Waals surface area contributed by atoms with Gasteiger partial charge in [-0.2, -0.15) is 0 Å². The fourth-order valence-corrected chi connectivity index (χ4v) is 3.15. The van der Waals surface area contributed by atoms with Gasteiger partial charge in [-0.3, -0.25) is 4.79 Å². The molecule has 0 fully saturated rings. The van der Waals surface area contributed by atoms with Crippen molar-refractivity contribution in [2.75, 3.05) is 19.0 Å². The van der Waals surface area contributed by atoms with Gasteiger partial charge in [0.05, 0.1) is 10.7 Å². The average Bonchev–Trinajstić information content (AvgIpc) is 3.10. The number of benzene rings is 2. The molecule has 1 aromatic heterocycles. The van der Waals surface area contributed by atoms with Crippen LogP contribution in [0, 0.1) is 6.92 Å². The van der Waals surface area contributed by atoms with E-state index in [0.29, 0.717) is 24.5 Å². The Morgan fingerprint density at radius 2 is 1.96 bits per heavy atom. The fraction of sp³-hybridized carbons (Fsp3) is 0.238. The molecule has 0 saturated carbocycles. The summed E-state index contributed by atoms with van der Waals surface area (Å²) in [5.74, 6) is 0.533. The van der Waals surface area contributed by atoms with Crippen LogP contribution in [0.2, 0.25) is 0 Å². The minimum Gasteiger partial charge on any atom is -0.487 e. The van der Waals surface area contributed by atoms with Crippen LogP contribution in [-0.4, -0.2) is 25.0 Å². The number of carbonyl (C=O) groups is 1. The van der Waals surface area contributed by atoms with Gasteiger partial charge in [-0.05, 0) is 42.8 Å². The molecule has 0 bridgehead atoms. The maximum absolute atomic E-state index is 12.4. The molecule has 0 spiro atoms. The van der Waals surface area contributed by atoms with Crippen molar-refractivity contribution >= 4 is 22.9 Å². The molecule has 1 heterocycles. The molecule has 0 aliphatic heterocycles. The molecule has 140 valence electrons. The molecule has 3 aromatic rings. The Hall–Kier alpha value is -2.86. The quantitative estimate of drug-likeness (QED) is 0.671. The number of nitrogens with zero attached hydrogens (tertiary/aromatic N) is 2. The van der Waals surface area contributed by atoms with Crippen LogP contribution < -0.4 is 15.0 Å². The molecule has 27 heavy (non-hydrogen) atoms. The lowest BCUT2D eigenvalue weighted by molar-refractivity contribution is 0.0950. The van der Waals surface area contributed by atoms with Crippen molar-refractivity contribution in [2.24, 2.45) is 0 Å². The first-order valence-electron chi connectivity index (χ1n) is 8.69. The van der Waals surface area contributed by atoms with Gasteiger partial charge in [0.2, 0.25) is 0 Å². The second kappa shape index (κ2) is 8.68. The zero-order valence-corrected chi connectivity index (χ0v) is 16.5. The zero-order valence-electron chi connectivity index (χ0n) is 15.7. The van der Waals surface area contributed by atoms with E-state index in [-0.39, 0.29) is 5.91 Å². The summed E-state index contributed by atoms with van der Waals surface area (Å²) >= 11 is 1.60. The number of aromatic nitrogens is 1. The highest BCUT2D eigenvalue weighted by atomic mass is 32.1. The van der Waals surface area contributed by atoms with E-state index in [1.165, 1.54) is 0 Å². The number of hydrogen-bond acceptors (Lipinski definition) is 5. The highest BCUT2D eigenvalue weighted by Crippen LogP contribution is 2.17. The van der Waals surface area contributed by atoms with Crippen LogP contribution in [0.4, 0.5) is 5.69 Å². The number of ether oxygens (including phenoxy) is 1. The monoisotopic (exact) mass is 381 g/mol. The predicted molar refractivity (Wildman–Crippen MR) is 110 cm³/mol. The maximum atomic E-state index is 12.4. The Balaban J connectivity index is 1.56. The smallest absolute Gasteiger partial charge is 0.251 e. The Kier molecular flexibility index (Phi) is 6.08. The van der Waals surface area contributed by atoms with E-state index in [1.807, 2.05) is 67.7 Å². The third-order valence-corrected chi connectivity index (χ3v) is 4.88. The number of thiazole rings is 1. The van der Waals surface area contributed by atoms with Crippen LogP contribution >= 0.6 is 11.3 Å². The number of carbonyl (C=O) groups excluding carboxylic acids is 1. The van der Waals surface area contributed by atoms with Crippen molar-refractivity contribution in [1.82, 2.24) is 10.3 Å². The van der Waals surface area contributed by atoms with Gasteiger partial charge in [-0.1, -0.05) is 18.2 Å². The minimum atomic E-state index is -0.123. The SMILES string of the molecule is Cc1nc(COc2cccc(C(=O)NCc3ccc(N(C)C)cc3)c2)cs1. The minimum absolute atomic E-state index is 0.123. The number of rotatable bonds is 7. The first-order chi connectivity index (χ1) is 13.0. The second-order valence-corrected chi connectivity index (χ2v) is 7.48. The van der Waals surface area contributed by atoms with E-state index < -0.39 is 0 Å². The Bertz CT molecular complexity index is 904. The van der Waals surface area contributed by atoms with Crippen molar-refractivity contribution < 1.29 is 9.53 Å². The van der Waals surface area contributed by atoms with Crippen molar-refractivity contribution in [3.63, 3.8) is 0 Å². The van der Waals surface area contributed by atoms with Gasteiger partial charge in [0.1, 0.15) is 12.4 Å². The average molecular weight is 382 g/mol. The van der Waals surface area contributed by atoms with Crippen molar-refractivity contribution in [1.29, 1.82) is 0 Å². The van der Waals surface area contributed by atoms with Crippen LogP contribution in [0.25, 0.3) is 0 Å². The third kappa shape index (κ3) is 5.31. The highest BCUT2D eigenvalue weighted by Gasteiger charge is 2.08. The number of aryl methyl sites for hydroxylation is 1. The summed E-state index contributed by atoms with van der Waals surface area (Å²) in [6, 6.07) is 15.3. The van der Waals surface area contributed by atoms with Gasteiger partial charge in [0.25, 0.3) is 5.91 Å². The standard InChI is InChI=1S/C21H23N3O2S/c1-15-23-18(14-27-15)13-26-20-6-4-5-17(11-20)21(25)22-12-16-7-9-19(10-8-16)24(2)3/h4-11,14H,12-13H2,1-3H3,(H,22,25). The number of hydrogen-bond donors (Lipinski definition) is 1. The topological polar surface area (TPSA) is 54.5 Å². The number of nitrogens with one attached hydrogen (secondary N) is 1. The molecule has 5 nitrogen and oxygen atoms in total. The van der Waals surface area contributed by atoms with Gasteiger partial charge in [0, 0.05) is 37.3 Å². The van der Waals surface area contributed by atoms with Gasteiger partial charge < -0.3 is 15.0 Å². The summed E-state index contributed by atoms with van der Waals surface area (Å²) in [7, 11) is 4.00. The molecule has 0 radical (unpaired) electrons. The molecule has 2 aromatic carbocycles. The van der Waals surface area contributed by atoms with Gasteiger partial charge in [-0.15, -0.1) is 11.3 Å². The lowest BCUT2D eigenvalue weighted by atomic mass is 10.1. The van der Waals surface area contributed by atoms with E-state index >= 15 is 0 Å². The molecule has 0 aliphatic carbocycles. The summed E-state index contributed by atoms with van der Waals surface area (Å²) in [5, 5.41) is 5.94. The van der Waals surface area contributed by atoms with Crippen LogP contribution in [-0.2, 0) is 13.2 Å². The molecular weight excluding hydrogens is 358 g/mol. The summed E-state index contributed by atoms with van der Waals surface area (Å²) in [5.41, 5.74) is 3.66. The summed E-state index contributed by atoms with van der Waals surface area (Å²) in [6.07, 6.45) is 0. The molecule has 0 atom stereocenters. The van der Waals surface area contributed by atoms with E-state index in [0.717, 1.165) is 22.0 Å². The number of anilines is 1. The molecule has 0 unspecified atom stereocenters. The number of amides is 1. The summed E-state index contributed by atoms with van der Waals surface area (Å²) in [6.45, 7) is 2.84. The van der Waals surface area contributed by atoms with Gasteiger partial charge in [-0.25, -0.2) is 4.98 Å². The molecule has 0 aliphatic rings. The van der Waals surface area contributed by atoms with Gasteiger partial charge >= 0.3 is 0 Å². The van der Waals surface area contributed by atoms with Crippen LogP contribution in [0.1, 0.15) is 26.6 Å². The van der Waals surface area contributed by atoms with E-state index in [4.69, 9.17) is 4.74 Å². The molecule has 6 heteroatoms. The Labute approximate surface area is 163 Å². The van der Waals surface area contributed by atoms with Gasteiger partial charge in [0.15, 0.2) is 0 Å². The molecule has 1 amide bonds. The summed E-state index contributed by atoms with van der Waals surface area (Å²) < 4.78 is 5.75. The van der Waals surface area contributed by atoms with E-state index in [2.05, 4.69) is 10.3 Å². The molecular formula is C21H23N3O2S. The molecule has 0 saturated heterocycles. The van der Waals surface area contributed by atoms with Crippen molar-refractivity contribution in [3.05, 3.63) is 75.7 Å². The third-order valence-electron chi connectivity index (χ3n) is 4.06. The van der Waals surface area contributed by atoms with Crippen LogP contribution in [0.3, 0.4) is 0 Å². The largest absolute Gasteiger partial charge is 0.487 e. The van der Waals surface area contributed by atoms with E-state index in [9.17, 15) is 4.79 Å². The Morgan fingerprint density at radius 3 is 2.63 bits per heavy atom. The fourth-order valence-electron chi connectivity index (χ4n) is 2.56. The normalized spacial score (nSPS) is 10.5. The van der Waals surface area contributed by atoms with E-state index in [1.54, 1.807) is 23.5 Å². The highest BCUT2D eigenvalue weighted by molar-refractivity contribution is 7.09. The predicted octanol–water partition coefficient (Wildman–Crippen LogP) is 4.03. The lowest BCUT2D eigenvalue weighted by Gasteiger charge is -2.13.